The Kier molecular flexibility index (Phi) is 5.87. The molecule has 2 N–H and O–H groups in total. The lowest BCUT2D eigenvalue weighted by molar-refractivity contribution is 0.233. The minimum absolute atomic E-state index is 0.0195. The second-order valence-corrected chi connectivity index (χ2v) is 9.30. The average Bonchev–Trinajstić information content (AvgIpc) is 3.41. The summed E-state index contributed by atoms with van der Waals surface area (Å²) < 4.78 is 2.23. The first kappa shape index (κ1) is 21.3. The van der Waals surface area contributed by atoms with Crippen LogP contribution < -0.4 is 10.6 Å². The molecule has 1 saturated carbocycles. The summed E-state index contributed by atoms with van der Waals surface area (Å²) >= 11 is 0. The highest BCUT2D eigenvalue weighted by molar-refractivity contribution is 5.89. The van der Waals surface area contributed by atoms with Gasteiger partial charge in [0.15, 0.2) is 0 Å². The van der Waals surface area contributed by atoms with E-state index in [0.717, 1.165) is 12.1 Å². The van der Waals surface area contributed by atoms with Gasteiger partial charge in [-0.1, -0.05) is 50.3 Å². The number of benzene rings is 2. The fraction of sp³-hybridized carbons (Fsp3) is 0.370. The van der Waals surface area contributed by atoms with E-state index < -0.39 is 0 Å². The van der Waals surface area contributed by atoms with Crippen molar-refractivity contribution in [2.45, 2.75) is 57.5 Å². The molecule has 2 unspecified atom stereocenters. The second kappa shape index (κ2) is 9.11. The van der Waals surface area contributed by atoms with E-state index in [-0.39, 0.29) is 18.1 Å². The molecular formula is C27H29N5O. The molecule has 0 radical (unpaired) electrons. The van der Waals surface area contributed by atoms with Crippen LogP contribution in [0.2, 0.25) is 0 Å². The highest BCUT2D eigenvalue weighted by Crippen LogP contribution is 2.44. The average molecular weight is 440 g/mol. The van der Waals surface area contributed by atoms with Gasteiger partial charge in [0.05, 0.1) is 41.9 Å². The van der Waals surface area contributed by atoms with Gasteiger partial charge < -0.3 is 15.2 Å². The van der Waals surface area contributed by atoms with Gasteiger partial charge in [-0.05, 0) is 54.7 Å². The summed E-state index contributed by atoms with van der Waals surface area (Å²) in [5, 5.41) is 15.3. The van der Waals surface area contributed by atoms with Crippen LogP contribution in [0, 0.1) is 24.2 Å². The van der Waals surface area contributed by atoms with Gasteiger partial charge in [-0.2, -0.15) is 5.26 Å². The third-order valence-electron chi connectivity index (χ3n) is 7.13. The molecule has 1 fully saturated rings. The Morgan fingerprint density at radius 3 is 2.73 bits per heavy atom. The highest BCUT2D eigenvalue weighted by atomic mass is 16.2. The van der Waals surface area contributed by atoms with E-state index in [9.17, 15) is 4.79 Å². The summed E-state index contributed by atoms with van der Waals surface area (Å²) in [7, 11) is 0. The van der Waals surface area contributed by atoms with Gasteiger partial charge in [-0.25, -0.2) is 9.78 Å². The van der Waals surface area contributed by atoms with E-state index in [1.54, 1.807) is 24.3 Å². The number of fused-ring (bicyclic) bond motifs is 3. The zero-order chi connectivity index (χ0) is 22.8. The van der Waals surface area contributed by atoms with E-state index in [0.29, 0.717) is 17.2 Å². The number of amides is 2. The van der Waals surface area contributed by atoms with Crippen molar-refractivity contribution >= 4 is 11.7 Å². The molecule has 2 heterocycles. The molecule has 168 valence electrons. The van der Waals surface area contributed by atoms with Gasteiger partial charge in [0.25, 0.3) is 0 Å². The fourth-order valence-corrected chi connectivity index (χ4v) is 5.58. The van der Waals surface area contributed by atoms with Crippen molar-refractivity contribution in [1.29, 1.82) is 5.26 Å². The maximum Gasteiger partial charge on any atom is 0.319 e. The highest BCUT2D eigenvalue weighted by Gasteiger charge is 2.37. The Morgan fingerprint density at radius 2 is 1.97 bits per heavy atom. The second-order valence-electron chi connectivity index (χ2n) is 9.30. The topological polar surface area (TPSA) is 82.7 Å². The van der Waals surface area contributed by atoms with E-state index in [1.807, 2.05) is 12.5 Å². The van der Waals surface area contributed by atoms with Gasteiger partial charge in [0, 0.05) is 11.3 Å². The fourth-order valence-electron chi connectivity index (χ4n) is 5.58. The first-order valence-electron chi connectivity index (χ1n) is 11.8. The summed E-state index contributed by atoms with van der Waals surface area (Å²) in [4.78, 5) is 17.5. The van der Waals surface area contributed by atoms with E-state index >= 15 is 0 Å². The Labute approximate surface area is 194 Å². The maximum atomic E-state index is 13.1. The quantitative estimate of drug-likeness (QED) is 0.527. The molecule has 0 saturated heterocycles. The van der Waals surface area contributed by atoms with Gasteiger partial charge in [-0.15, -0.1) is 0 Å². The standard InChI is InChI=1S/C27H29N5O/c1-18-6-5-9-22-25(18)24-16-29-17-32(24)26(22)23(14-19-7-3-2-4-8-19)31-27(33)30-21-12-10-20(15-28)11-13-21/h5-6,9-13,16-17,19,23,26H,2-4,7-8,14H2,1H3,(H2,30,31,33). The Bertz CT molecular complexity index is 1180. The summed E-state index contributed by atoms with van der Waals surface area (Å²) in [6.07, 6.45) is 11.1. The predicted molar refractivity (Wildman–Crippen MR) is 129 cm³/mol. The Morgan fingerprint density at radius 1 is 1.18 bits per heavy atom. The number of aryl methyl sites for hydroxylation is 1. The van der Waals surface area contributed by atoms with Gasteiger partial charge in [-0.3, -0.25) is 0 Å². The third kappa shape index (κ3) is 4.23. The predicted octanol–water partition coefficient (Wildman–Crippen LogP) is 5.79. The summed E-state index contributed by atoms with van der Waals surface area (Å²) in [6.45, 7) is 2.14. The van der Waals surface area contributed by atoms with Crippen LogP contribution in [0.25, 0.3) is 11.3 Å². The van der Waals surface area contributed by atoms with Crippen molar-refractivity contribution in [3.05, 3.63) is 71.7 Å². The number of hydrogen-bond acceptors (Lipinski definition) is 3. The van der Waals surface area contributed by atoms with Crippen LogP contribution in [0.4, 0.5) is 10.5 Å². The number of aromatic nitrogens is 2. The summed E-state index contributed by atoms with van der Waals surface area (Å²) in [6, 6.07) is 15.2. The molecule has 3 aromatic rings. The number of nitrogens with one attached hydrogen (secondary N) is 2. The van der Waals surface area contributed by atoms with Crippen LogP contribution >= 0.6 is 0 Å². The molecule has 2 atom stereocenters. The molecular weight excluding hydrogens is 410 g/mol. The van der Waals surface area contributed by atoms with Crippen molar-refractivity contribution < 1.29 is 4.79 Å². The van der Waals surface area contributed by atoms with Gasteiger partial charge in [0.2, 0.25) is 0 Å². The van der Waals surface area contributed by atoms with Crippen molar-refractivity contribution in [3.8, 4) is 17.3 Å². The molecule has 2 aromatic carbocycles. The first-order chi connectivity index (χ1) is 16.1. The monoisotopic (exact) mass is 439 g/mol. The van der Waals surface area contributed by atoms with Crippen LogP contribution in [0.1, 0.15) is 61.3 Å². The molecule has 0 spiro atoms. The Hall–Kier alpha value is -3.59. The molecule has 2 aliphatic rings. The van der Waals surface area contributed by atoms with Crippen molar-refractivity contribution in [2.75, 3.05) is 5.32 Å². The van der Waals surface area contributed by atoms with E-state index in [2.05, 4.69) is 51.4 Å². The molecule has 6 heteroatoms. The number of imidazole rings is 1. The van der Waals surface area contributed by atoms with Crippen molar-refractivity contribution in [3.63, 3.8) is 0 Å². The normalized spacial score (nSPS) is 18.1. The van der Waals surface area contributed by atoms with Crippen LogP contribution in [0.15, 0.2) is 55.0 Å². The van der Waals surface area contributed by atoms with Gasteiger partial charge in [0.1, 0.15) is 0 Å². The number of carbonyl (C=O) groups excluding carboxylic acids is 1. The zero-order valence-electron chi connectivity index (χ0n) is 18.9. The molecule has 5 rings (SSSR count). The van der Waals surface area contributed by atoms with E-state index in [4.69, 9.17) is 5.26 Å². The number of nitriles is 1. The number of anilines is 1. The lowest BCUT2D eigenvalue weighted by Gasteiger charge is -2.32. The summed E-state index contributed by atoms with van der Waals surface area (Å²) in [5.74, 6) is 0.611. The van der Waals surface area contributed by atoms with Crippen LogP contribution in [0.3, 0.4) is 0 Å². The smallest absolute Gasteiger partial charge is 0.319 e. The third-order valence-corrected chi connectivity index (χ3v) is 7.13. The Balaban J connectivity index is 1.43. The minimum Gasteiger partial charge on any atom is -0.333 e. The molecule has 1 aromatic heterocycles. The van der Waals surface area contributed by atoms with Gasteiger partial charge >= 0.3 is 6.03 Å². The molecule has 33 heavy (non-hydrogen) atoms. The molecule has 0 bridgehead atoms. The van der Waals surface area contributed by atoms with E-state index in [1.165, 1.54) is 48.8 Å². The lowest BCUT2D eigenvalue weighted by Crippen LogP contribution is -2.44. The van der Waals surface area contributed by atoms with Crippen molar-refractivity contribution in [2.24, 2.45) is 5.92 Å². The molecule has 6 nitrogen and oxygen atoms in total. The summed E-state index contributed by atoms with van der Waals surface area (Å²) in [5.41, 5.74) is 6.09. The van der Waals surface area contributed by atoms with Crippen LogP contribution in [-0.4, -0.2) is 21.6 Å². The number of nitrogens with zero attached hydrogens (tertiary/aromatic N) is 3. The molecule has 1 aliphatic heterocycles. The zero-order valence-corrected chi connectivity index (χ0v) is 18.9. The number of carbonyl (C=O) groups is 1. The van der Waals surface area contributed by atoms with Crippen molar-refractivity contribution in [1.82, 2.24) is 14.9 Å². The number of rotatable bonds is 5. The number of urea groups is 1. The maximum absolute atomic E-state index is 13.1. The number of hydrogen-bond donors (Lipinski definition) is 2. The minimum atomic E-state index is -0.219. The van der Waals surface area contributed by atoms with Crippen LogP contribution in [-0.2, 0) is 0 Å². The van der Waals surface area contributed by atoms with Crippen LogP contribution in [0.5, 0.6) is 0 Å². The SMILES string of the molecule is Cc1cccc2c1-c1cncn1C2C(CC1CCCCC1)NC(=O)Nc1ccc(C#N)cc1. The molecule has 2 amide bonds. The molecule has 1 aliphatic carbocycles. The largest absolute Gasteiger partial charge is 0.333 e. The first-order valence-corrected chi connectivity index (χ1v) is 11.8. The lowest BCUT2D eigenvalue weighted by atomic mass is 9.82.